The van der Waals surface area contributed by atoms with Crippen molar-refractivity contribution in [2.45, 2.75) is 38.9 Å². The van der Waals surface area contributed by atoms with Crippen LogP contribution in [-0.2, 0) is 4.79 Å². The molecule has 2 rings (SSSR count). The van der Waals surface area contributed by atoms with Crippen molar-refractivity contribution in [3.05, 3.63) is 47.8 Å². The summed E-state index contributed by atoms with van der Waals surface area (Å²) in [6.07, 6.45) is -0.859. The van der Waals surface area contributed by atoms with Crippen molar-refractivity contribution in [3.8, 4) is 5.88 Å². The van der Waals surface area contributed by atoms with E-state index < -0.39 is 18.8 Å². The van der Waals surface area contributed by atoms with Gasteiger partial charge in [0.05, 0.1) is 6.04 Å². The summed E-state index contributed by atoms with van der Waals surface area (Å²) in [6, 6.07) is 5.43. The van der Waals surface area contributed by atoms with Gasteiger partial charge in [-0.05, 0) is 24.1 Å². The highest BCUT2D eigenvalue weighted by Crippen LogP contribution is 2.21. The number of amides is 2. The molecule has 0 saturated heterocycles. The van der Waals surface area contributed by atoms with Crippen molar-refractivity contribution < 1.29 is 27.5 Å². The topological polar surface area (TPSA) is 93.2 Å². The number of aromatic nitrogens is 2. The average Bonchev–Trinajstić information content (AvgIpc) is 2.70. The molecule has 1 unspecified atom stereocenters. The van der Waals surface area contributed by atoms with Crippen molar-refractivity contribution in [3.63, 3.8) is 0 Å². The van der Waals surface area contributed by atoms with Gasteiger partial charge in [0.1, 0.15) is 5.82 Å². The summed E-state index contributed by atoms with van der Waals surface area (Å²) in [7, 11) is 0. The second-order valence-electron chi connectivity index (χ2n) is 6.10. The van der Waals surface area contributed by atoms with Gasteiger partial charge in [0.15, 0.2) is 6.61 Å². The van der Waals surface area contributed by atoms with Gasteiger partial charge < -0.3 is 15.4 Å². The normalized spacial score (nSPS) is 12.2. The molecule has 0 saturated carbocycles. The van der Waals surface area contributed by atoms with Crippen LogP contribution in [0, 0.1) is 0 Å². The molecule has 1 atom stereocenters. The van der Waals surface area contributed by atoms with E-state index in [2.05, 4.69) is 25.3 Å². The lowest BCUT2D eigenvalue weighted by Gasteiger charge is -2.18. The number of nitrogens with one attached hydrogen (secondary N) is 2. The summed E-state index contributed by atoms with van der Waals surface area (Å²) in [6.45, 7) is 2.12. The number of carbonyl (C=O) groups excluding carboxylic acids is 2. The third-order valence-electron chi connectivity index (χ3n) is 3.87. The van der Waals surface area contributed by atoms with Gasteiger partial charge in [0.25, 0.3) is 5.91 Å². The number of carbonyl (C=O) groups is 2. The van der Waals surface area contributed by atoms with Gasteiger partial charge in [-0.2, -0.15) is 13.2 Å². The fourth-order valence-electron chi connectivity index (χ4n) is 2.37. The van der Waals surface area contributed by atoms with Gasteiger partial charge >= 0.3 is 6.18 Å². The highest BCUT2D eigenvalue weighted by molar-refractivity contribution is 5.96. The molecule has 0 aliphatic heterocycles. The Hall–Kier alpha value is -3.17. The molecular weight excluding hydrogens is 389 g/mol. The fraction of sp³-hybridized carbons (Fsp3) is 0.368. The molecule has 0 aliphatic rings. The summed E-state index contributed by atoms with van der Waals surface area (Å²) in [5, 5.41) is 5.41. The van der Waals surface area contributed by atoms with Crippen molar-refractivity contribution in [1.29, 1.82) is 0 Å². The fourth-order valence-corrected chi connectivity index (χ4v) is 2.37. The van der Waals surface area contributed by atoms with Crippen LogP contribution in [0.3, 0.4) is 0 Å². The first kappa shape index (κ1) is 22.1. The van der Waals surface area contributed by atoms with Gasteiger partial charge in [0.2, 0.25) is 11.8 Å². The van der Waals surface area contributed by atoms with Crippen LogP contribution in [0.1, 0.15) is 48.7 Å². The Morgan fingerprint density at radius 2 is 1.93 bits per heavy atom. The van der Waals surface area contributed by atoms with Crippen LogP contribution in [0.4, 0.5) is 19.0 Å². The highest BCUT2D eigenvalue weighted by Gasteiger charge is 2.28. The number of halogens is 3. The molecule has 2 N–H and O–H groups in total. The number of ether oxygens (including phenoxy) is 1. The van der Waals surface area contributed by atoms with Crippen molar-refractivity contribution in [1.82, 2.24) is 15.3 Å². The maximum Gasteiger partial charge on any atom is 0.422 e. The minimum absolute atomic E-state index is 0.155. The number of rotatable bonds is 8. The zero-order valence-electron chi connectivity index (χ0n) is 15.9. The molecule has 2 aromatic heterocycles. The van der Waals surface area contributed by atoms with E-state index >= 15 is 0 Å². The monoisotopic (exact) mass is 410 g/mol. The molecule has 2 amide bonds. The minimum Gasteiger partial charge on any atom is -0.468 e. The maximum atomic E-state index is 12.6. The average molecular weight is 410 g/mol. The van der Waals surface area contributed by atoms with E-state index in [0.29, 0.717) is 17.5 Å². The highest BCUT2D eigenvalue weighted by atomic mass is 19.4. The van der Waals surface area contributed by atoms with Crippen LogP contribution in [0.5, 0.6) is 5.88 Å². The third kappa shape index (κ3) is 7.05. The number of nitrogens with zero attached hydrogens (tertiary/aromatic N) is 2. The summed E-state index contributed by atoms with van der Waals surface area (Å²) in [5.41, 5.74) is 0.928. The van der Waals surface area contributed by atoms with E-state index in [0.717, 1.165) is 0 Å². The Morgan fingerprint density at radius 3 is 2.52 bits per heavy atom. The lowest BCUT2D eigenvalue weighted by molar-refractivity contribution is -0.154. The number of alkyl halides is 3. The second kappa shape index (κ2) is 9.85. The van der Waals surface area contributed by atoms with E-state index in [1.165, 1.54) is 30.6 Å². The molecule has 7 nitrogen and oxygen atoms in total. The Morgan fingerprint density at radius 1 is 1.17 bits per heavy atom. The summed E-state index contributed by atoms with van der Waals surface area (Å²) >= 11 is 0. The van der Waals surface area contributed by atoms with Gasteiger partial charge in [-0.3, -0.25) is 9.59 Å². The van der Waals surface area contributed by atoms with Crippen LogP contribution in [0.15, 0.2) is 36.7 Å². The van der Waals surface area contributed by atoms with Crippen LogP contribution in [0.2, 0.25) is 0 Å². The van der Waals surface area contributed by atoms with E-state index in [4.69, 9.17) is 0 Å². The van der Waals surface area contributed by atoms with Gasteiger partial charge in [0, 0.05) is 30.4 Å². The quantitative estimate of drug-likeness (QED) is 0.693. The van der Waals surface area contributed by atoms with E-state index in [9.17, 15) is 22.8 Å². The number of anilines is 1. The standard InChI is InChI=1S/C19H21F3N4O3/c1-3-14(13-5-6-17(24-10-13)29-11-19(20,21)22)25-18(28)12-7-8-23-15(9-12)26-16(27)4-2/h5-10,14H,3-4,11H2,1-2H3,(H,25,28)(H,23,26,27). The van der Waals surface area contributed by atoms with E-state index in [1.807, 2.05) is 6.92 Å². The zero-order chi connectivity index (χ0) is 21.4. The molecule has 2 heterocycles. The Labute approximate surface area is 165 Å². The predicted octanol–water partition coefficient (Wildman–Crippen LogP) is 3.65. The lowest BCUT2D eigenvalue weighted by atomic mass is 10.1. The van der Waals surface area contributed by atoms with Crippen LogP contribution in [0.25, 0.3) is 0 Å². The molecule has 10 heteroatoms. The molecule has 0 radical (unpaired) electrons. The molecule has 0 bridgehead atoms. The maximum absolute atomic E-state index is 12.6. The molecule has 0 spiro atoms. The largest absolute Gasteiger partial charge is 0.468 e. The molecule has 156 valence electrons. The predicted molar refractivity (Wildman–Crippen MR) is 99.4 cm³/mol. The molecule has 29 heavy (non-hydrogen) atoms. The van der Waals surface area contributed by atoms with Crippen molar-refractivity contribution >= 4 is 17.6 Å². The number of hydrogen-bond donors (Lipinski definition) is 2. The first-order valence-corrected chi connectivity index (χ1v) is 8.94. The third-order valence-corrected chi connectivity index (χ3v) is 3.87. The smallest absolute Gasteiger partial charge is 0.422 e. The van der Waals surface area contributed by atoms with E-state index in [-0.39, 0.29) is 29.9 Å². The van der Waals surface area contributed by atoms with Gasteiger partial charge in [-0.1, -0.05) is 19.9 Å². The Bertz CT molecular complexity index is 841. The molecule has 0 aromatic carbocycles. The van der Waals surface area contributed by atoms with Gasteiger partial charge in [-0.15, -0.1) is 0 Å². The number of pyridine rings is 2. The van der Waals surface area contributed by atoms with Crippen LogP contribution < -0.4 is 15.4 Å². The zero-order valence-corrected chi connectivity index (χ0v) is 15.9. The molecule has 2 aromatic rings. The van der Waals surface area contributed by atoms with Crippen LogP contribution >= 0.6 is 0 Å². The van der Waals surface area contributed by atoms with Crippen LogP contribution in [-0.4, -0.2) is 34.6 Å². The lowest BCUT2D eigenvalue weighted by Crippen LogP contribution is -2.28. The summed E-state index contributed by atoms with van der Waals surface area (Å²) in [5.74, 6) is -0.493. The SMILES string of the molecule is CCC(=O)Nc1cc(C(=O)NC(CC)c2ccc(OCC(F)(F)F)nc2)ccn1. The summed E-state index contributed by atoms with van der Waals surface area (Å²) < 4.78 is 41.2. The van der Waals surface area contributed by atoms with Crippen molar-refractivity contribution in [2.24, 2.45) is 0 Å². The van der Waals surface area contributed by atoms with Crippen molar-refractivity contribution in [2.75, 3.05) is 11.9 Å². The number of hydrogen-bond acceptors (Lipinski definition) is 5. The Balaban J connectivity index is 2.04. The second-order valence-corrected chi connectivity index (χ2v) is 6.10. The van der Waals surface area contributed by atoms with Gasteiger partial charge in [-0.25, -0.2) is 9.97 Å². The molecule has 0 fully saturated rings. The molecule has 0 aliphatic carbocycles. The molecular formula is C19H21F3N4O3. The first-order valence-electron chi connectivity index (χ1n) is 8.94. The Kier molecular flexibility index (Phi) is 7.52. The van der Waals surface area contributed by atoms with E-state index in [1.54, 1.807) is 13.0 Å². The summed E-state index contributed by atoms with van der Waals surface area (Å²) in [4.78, 5) is 31.9. The first-order chi connectivity index (χ1) is 13.7. The minimum atomic E-state index is -4.44.